The van der Waals surface area contributed by atoms with E-state index in [1.165, 1.54) is 17.7 Å². The van der Waals surface area contributed by atoms with Crippen molar-refractivity contribution in [2.24, 2.45) is 0 Å². The number of piperazine rings is 1. The molecule has 18 heavy (non-hydrogen) atoms. The van der Waals surface area contributed by atoms with Crippen LogP contribution in [0.1, 0.15) is 18.9 Å². The minimum Gasteiger partial charge on any atom is -0.368 e. The summed E-state index contributed by atoms with van der Waals surface area (Å²) in [4.78, 5) is 5.00. The number of anilines is 1. The van der Waals surface area contributed by atoms with Crippen LogP contribution in [-0.2, 0) is 5.33 Å². The van der Waals surface area contributed by atoms with Gasteiger partial charge in [-0.1, -0.05) is 38.8 Å². The van der Waals surface area contributed by atoms with E-state index in [-0.39, 0.29) is 0 Å². The van der Waals surface area contributed by atoms with Gasteiger partial charge in [0, 0.05) is 41.2 Å². The lowest BCUT2D eigenvalue weighted by Gasteiger charge is -2.41. The summed E-state index contributed by atoms with van der Waals surface area (Å²) in [6, 6.07) is 7.26. The van der Waals surface area contributed by atoms with Crippen LogP contribution in [0.25, 0.3) is 0 Å². The molecule has 0 aromatic heterocycles. The molecule has 1 heterocycles. The molecule has 1 unspecified atom stereocenters. The van der Waals surface area contributed by atoms with Gasteiger partial charge in [0.2, 0.25) is 0 Å². The van der Waals surface area contributed by atoms with Crippen molar-refractivity contribution in [3.8, 4) is 0 Å². The highest BCUT2D eigenvalue weighted by atomic mass is 79.9. The van der Waals surface area contributed by atoms with E-state index >= 15 is 0 Å². The molecule has 4 heteroatoms. The summed E-state index contributed by atoms with van der Waals surface area (Å²) >= 11 is 7.14. The van der Waals surface area contributed by atoms with E-state index in [0.717, 1.165) is 29.4 Å². The summed E-state index contributed by atoms with van der Waals surface area (Å²) in [7, 11) is 2.23. The standard InChI is InChI=1S/C14H20Br2N2/c1-3-13-10-18(7-6-17(13)2)14-5-4-12(16)8-11(14)9-15/h4-5,8,13H,3,6-7,9-10H2,1-2H3. The molecule has 2 nitrogen and oxygen atoms in total. The van der Waals surface area contributed by atoms with E-state index in [0.29, 0.717) is 6.04 Å². The number of rotatable bonds is 3. The Hall–Kier alpha value is -0.0600. The first kappa shape index (κ1) is 14.4. The summed E-state index contributed by atoms with van der Waals surface area (Å²) in [5.41, 5.74) is 2.74. The van der Waals surface area contributed by atoms with Crippen molar-refractivity contribution in [2.75, 3.05) is 31.6 Å². The Morgan fingerprint density at radius 3 is 2.78 bits per heavy atom. The fraction of sp³-hybridized carbons (Fsp3) is 0.571. The van der Waals surface area contributed by atoms with Gasteiger partial charge in [-0.05, 0) is 37.2 Å². The SMILES string of the molecule is CCC1CN(c2ccc(Br)cc2CBr)CCN1C. The van der Waals surface area contributed by atoms with E-state index in [2.05, 4.69) is 73.8 Å². The average Bonchev–Trinajstić information content (AvgIpc) is 2.39. The van der Waals surface area contributed by atoms with Gasteiger partial charge in [-0.2, -0.15) is 0 Å². The van der Waals surface area contributed by atoms with Crippen LogP contribution in [-0.4, -0.2) is 37.6 Å². The maximum Gasteiger partial charge on any atom is 0.0409 e. The first-order valence-electron chi connectivity index (χ1n) is 6.45. The molecule has 0 bridgehead atoms. The van der Waals surface area contributed by atoms with E-state index in [9.17, 15) is 0 Å². The Morgan fingerprint density at radius 1 is 1.33 bits per heavy atom. The van der Waals surface area contributed by atoms with Crippen LogP contribution < -0.4 is 4.90 Å². The van der Waals surface area contributed by atoms with Crippen molar-refractivity contribution in [2.45, 2.75) is 24.7 Å². The van der Waals surface area contributed by atoms with E-state index in [1.807, 2.05) is 0 Å². The zero-order valence-corrected chi connectivity index (χ0v) is 14.2. The maximum absolute atomic E-state index is 3.60. The lowest BCUT2D eigenvalue weighted by Crippen LogP contribution is -2.51. The molecule has 1 aliphatic rings. The van der Waals surface area contributed by atoms with Gasteiger partial charge in [0.1, 0.15) is 0 Å². The van der Waals surface area contributed by atoms with Crippen LogP contribution in [0.4, 0.5) is 5.69 Å². The van der Waals surface area contributed by atoms with Gasteiger partial charge >= 0.3 is 0 Å². The van der Waals surface area contributed by atoms with Crippen molar-refractivity contribution in [3.63, 3.8) is 0 Å². The Bertz CT molecular complexity index is 409. The highest BCUT2D eigenvalue weighted by Crippen LogP contribution is 2.28. The summed E-state index contributed by atoms with van der Waals surface area (Å²) in [6.45, 7) is 5.68. The van der Waals surface area contributed by atoms with Gasteiger partial charge in [-0.25, -0.2) is 0 Å². The molecule has 1 fully saturated rings. The van der Waals surface area contributed by atoms with Crippen LogP contribution >= 0.6 is 31.9 Å². The maximum atomic E-state index is 3.60. The number of hydrogen-bond acceptors (Lipinski definition) is 2. The summed E-state index contributed by atoms with van der Waals surface area (Å²) < 4.78 is 1.15. The zero-order chi connectivity index (χ0) is 13.1. The fourth-order valence-corrected chi connectivity index (χ4v) is 3.43. The smallest absolute Gasteiger partial charge is 0.0409 e. The molecular formula is C14H20Br2N2. The highest BCUT2D eigenvalue weighted by molar-refractivity contribution is 9.10. The second-order valence-corrected chi connectivity index (χ2v) is 6.37. The number of hydrogen-bond donors (Lipinski definition) is 0. The average molecular weight is 376 g/mol. The predicted molar refractivity (Wildman–Crippen MR) is 85.7 cm³/mol. The van der Waals surface area contributed by atoms with Gasteiger partial charge in [-0.3, -0.25) is 4.90 Å². The van der Waals surface area contributed by atoms with Crippen LogP contribution in [0.5, 0.6) is 0 Å². The van der Waals surface area contributed by atoms with Crippen molar-refractivity contribution in [1.29, 1.82) is 0 Å². The molecule has 100 valence electrons. The molecule has 0 radical (unpaired) electrons. The Morgan fingerprint density at radius 2 is 2.11 bits per heavy atom. The quantitative estimate of drug-likeness (QED) is 0.739. The third kappa shape index (κ3) is 3.09. The van der Waals surface area contributed by atoms with Crippen LogP contribution in [0, 0.1) is 0 Å². The topological polar surface area (TPSA) is 6.48 Å². The molecule has 1 aromatic rings. The summed E-state index contributed by atoms with van der Waals surface area (Å²) in [5, 5.41) is 0.908. The summed E-state index contributed by atoms with van der Waals surface area (Å²) in [6.07, 6.45) is 1.22. The minimum atomic E-state index is 0.672. The minimum absolute atomic E-state index is 0.672. The molecule has 1 aromatic carbocycles. The normalized spacial score (nSPS) is 21.3. The fourth-order valence-electron chi connectivity index (χ4n) is 2.58. The number of nitrogens with zero attached hydrogens (tertiary/aromatic N) is 2. The van der Waals surface area contributed by atoms with Crippen molar-refractivity contribution < 1.29 is 0 Å². The van der Waals surface area contributed by atoms with Gasteiger partial charge in [0.25, 0.3) is 0 Å². The molecule has 0 spiro atoms. The van der Waals surface area contributed by atoms with Crippen molar-refractivity contribution >= 4 is 37.5 Å². The molecule has 0 N–H and O–H groups in total. The molecular weight excluding hydrogens is 356 g/mol. The molecule has 1 atom stereocenters. The predicted octanol–water partition coefficient (Wildman–Crippen LogP) is 3.87. The Balaban J connectivity index is 2.21. The van der Waals surface area contributed by atoms with Crippen molar-refractivity contribution in [3.05, 3.63) is 28.2 Å². The number of alkyl halides is 1. The van der Waals surface area contributed by atoms with Gasteiger partial charge in [0.05, 0.1) is 0 Å². The lowest BCUT2D eigenvalue weighted by atomic mass is 10.1. The third-order valence-corrected chi connectivity index (χ3v) is 4.87. The van der Waals surface area contributed by atoms with E-state index < -0.39 is 0 Å². The van der Waals surface area contributed by atoms with Crippen molar-refractivity contribution in [1.82, 2.24) is 4.90 Å². The van der Waals surface area contributed by atoms with Gasteiger partial charge in [0.15, 0.2) is 0 Å². The highest BCUT2D eigenvalue weighted by Gasteiger charge is 2.24. The number of benzene rings is 1. The number of halogens is 2. The summed E-state index contributed by atoms with van der Waals surface area (Å²) in [5.74, 6) is 0. The Kier molecular flexibility index (Phi) is 5.10. The van der Waals surface area contributed by atoms with E-state index in [1.54, 1.807) is 0 Å². The first-order chi connectivity index (χ1) is 8.65. The second-order valence-electron chi connectivity index (χ2n) is 4.90. The zero-order valence-electron chi connectivity index (χ0n) is 11.0. The third-order valence-electron chi connectivity index (χ3n) is 3.77. The largest absolute Gasteiger partial charge is 0.368 e. The molecule has 0 aliphatic carbocycles. The number of likely N-dealkylation sites (N-methyl/N-ethyl adjacent to an activating group) is 1. The molecule has 2 rings (SSSR count). The van der Waals surface area contributed by atoms with Crippen LogP contribution in [0.3, 0.4) is 0 Å². The molecule has 1 aliphatic heterocycles. The van der Waals surface area contributed by atoms with Crippen LogP contribution in [0.15, 0.2) is 22.7 Å². The van der Waals surface area contributed by atoms with Crippen LogP contribution in [0.2, 0.25) is 0 Å². The molecule has 0 amide bonds. The Labute approximate surface area is 127 Å². The second kappa shape index (κ2) is 6.40. The molecule has 1 saturated heterocycles. The molecule has 0 saturated carbocycles. The van der Waals surface area contributed by atoms with E-state index in [4.69, 9.17) is 0 Å². The van der Waals surface area contributed by atoms with Gasteiger partial charge < -0.3 is 4.90 Å². The van der Waals surface area contributed by atoms with Gasteiger partial charge in [-0.15, -0.1) is 0 Å². The monoisotopic (exact) mass is 374 g/mol. The first-order valence-corrected chi connectivity index (χ1v) is 8.36. The lowest BCUT2D eigenvalue weighted by molar-refractivity contribution is 0.213.